The molecule has 17 heavy (non-hydrogen) atoms. The van der Waals surface area contributed by atoms with E-state index < -0.39 is 28.5 Å². The molecule has 0 unspecified atom stereocenters. The van der Waals surface area contributed by atoms with Crippen molar-refractivity contribution < 1.29 is 27.6 Å². The molecule has 0 atom stereocenters. The third kappa shape index (κ3) is 3.13. The minimum Gasteiger partial charge on any atom is -0.366 e. The fourth-order valence-electron chi connectivity index (χ4n) is 1.07. The van der Waals surface area contributed by atoms with Crippen LogP contribution < -0.4 is 4.74 Å². The van der Waals surface area contributed by atoms with E-state index in [9.17, 15) is 28.1 Å². The standard InChI is InChI=1S/C8H5F3N2O4/c1-4-2-5(3-14)7(17-8(9,10)11)12-6(4)13(15)16/h2-3H,1H3. The molecule has 0 spiro atoms. The summed E-state index contributed by atoms with van der Waals surface area (Å²) in [4.78, 5) is 23.0. The zero-order valence-corrected chi connectivity index (χ0v) is 8.32. The molecule has 0 aromatic carbocycles. The first-order valence-corrected chi connectivity index (χ1v) is 4.11. The number of hydrogen-bond acceptors (Lipinski definition) is 5. The molecule has 1 aromatic rings. The van der Waals surface area contributed by atoms with Crippen molar-refractivity contribution in [1.82, 2.24) is 4.98 Å². The van der Waals surface area contributed by atoms with E-state index >= 15 is 0 Å². The molecular weight excluding hydrogens is 245 g/mol. The van der Waals surface area contributed by atoms with E-state index in [1.165, 1.54) is 6.92 Å². The van der Waals surface area contributed by atoms with Crippen LogP contribution >= 0.6 is 0 Å². The molecule has 0 fully saturated rings. The van der Waals surface area contributed by atoms with Crippen molar-refractivity contribution in [3.8, 4) is 5.88 Å². The molecule has 0 bridgehead atoms. The van der Waals surface area contributed by atoms with Gasteiger partial charge in [0.2, 0.25) is 0 Å². The Hall–Kier alpha value is -2.19. The largest absolute Gasteiger partial charge is 0.575 e. The first-order valence-electron chi connectivity index (χ1n) is 4.11. The van der Waals surface area contributed by atoms with Gasteiger partial charge in [0.15, 0.2) is 6.29 Å². The molecule has 0 saturated heterocycles. The van der Waals surface area contributed by atoms with Crippen molar-refractivity contribution in [1.29, 1.82) is 0 Å². The second-order valence-corrected chi connectivity index (χ2v) is 2.95. The lowest BCUT2D eigenvalue weighted by molar-refractivity contribution is -0.390. The molecule has 0 aliphatic heterocycles. The number of nitrogens with zero attached hydrogens (tertiary/aromatic N) is 2. The highest BCUT2D eigenvalue weighted by atomic mass is 19.4. The van der Waals surface area contributed by atoms with Crippen LogP contribution in [0.15, 0.2) is 6.07 Å². The van der Waals surface area contributed by atoms with Gasteiger partial charge in [-0.15, -0.1) is 13.2 Å². The minimum atomic E-state index is -5.08. The Morgan fingerprint density at radius 2 is 2.12 bits per heavy atom. The average molecular weight is 250 g/mol. The van der Waals surface area contributed by atoms with Crippen molar-refractivity contribution in [2.24, 2.45) is 0 Å². The second-order valence-electron chi connectivity index (χ2n) is 2.95. The van der Waals surface area contributed by atoms with Crippen LogP contribution in [0.25, 0.3) is 0 Å². The molecule has 6 nitrogen and oxygen atoms in total. The maximum absolute atomic E-state index is 11.9. The van der Waals surface area contributed by atoms with Gasteiger partial charge in [-0.1, -0.05) is 0 Å². The van der Waals surface area contributed by atoms with Crippen molar-refractivity contribution in [2.45, 2.75) is 13.3 Å². The number of nitro groups is 1. The fourth-order valence-corrected chi connectivity index (χ4v) is 1.07. The van der Waals surface area contributed by atoms with E-state index in [4.69, 9.17) is 0 Å². The van der Waals surface area contributed by atoms with Gasteiger partial charge in [-0.05, 0) is 17.9 Å². The summed E-state index contributed by atoms with van der Waals surface area (Å²) in [6.45, 7) is 1.25. The monoisotopic (exact) mass is 250 g/mol. The highest BCUT2D eigenvalue weighted by molar-refractivity contribution is 5.79. The van der Waals surface area contributed by atoms with Crippen LogP contribution in [0.1, 0.15) is 15.9 Å². The van der Waals surface area contributed by atoms with Gasteiger partial charge in [-0.3, -0.25) is 4.79 Å². The second kappa shape index (κ2) is 4.36. The number of aryl methyl sites for hydroxylation is 1. The molecule has 1 rings (SSSR count). The maximum atomic E-state index is 11.9. The summed E-state index contributed by atoms with van der Waals surface area (Å²) in [5, 5.41) is 10.5. The summed E-state index contributed by atoms with van der Waals surface area (Å²) in [6.07, 6.45) is -5.00. The van der Waals surface area contributed by atoms with Gasteiger partial charge in [-0.2, -0.15) is 0 Å². The first-order chi connectivity index (χ1) is 7.74. The Balaban J connectivity index is 3.31. The Morgan fingerprint density at radius 3 is 2.53 bits per heavy atom. The zero-order chi connectivity index (χ0) is 13.2. The lowest BCUT2D eigenvalue weighted by Gasteiger charge is -2.07. The van der Waals surface area contributed by atoms with E-state index in [0.717, 1.165) is 6.07 Å². The lowest BCUT2D eigenvalue weighted by atomic mass is 10.2. The fraction of sp³-hybridized carbons (Fsp3) is 0.250. The van der Waals surface area contributed by atoms with Crippen molar-refractivity contribution in [3.63, 3.8) is 0 Å². The van der Waals surface area contributed by atoms with Crippen LogP contribution in [0.2, 0.25) is 0 Å². The highest BCUT2D eigenvalue weighted by Gasteiger charge is 2.36. The number of aromatic nitrogens is 1. The number of carbonyl (C=O) groups excluding carboxylic acids is 1. The first kappa shape index (κ1) is 12.9. The van der Waals surface area contributed by atoms with E-state index in [0.29, 0.717) is 0 Å². The molecule has 9 heteroatoms. The highest BCUT2D eigenvalue weighted by Crippen LogP contribution is 2.27. The van der Waals surface area contributed by atoms with Gasteiger partial charge in [0.1, 0.15) is 5.56 Å². The lowest BCUT2D eigenvalue weighted by Crippen LogP contribution is -2.19. The van der Waals surface area contributed by atoms with Crippen LogP contribution in [0.5, 0.6) is 5.88 Å². The van der Waals surface area contributed by atoms with E-state index in [1.807, 2.05) is 0 Å². The van der Waals surface area contributed by atoms with Crippen LogP contribution in [0.3, 0.4) is 0 Å². The number of hydrogen-bond donors (Lipinski definition) is 0. The SMILES string of the molecule is Cc1cc(C=O)c(OC(F)(F)F)nc1[N+](=O)[O-]. The molecular formula is C8H5F3N2O4. The number of ether oxygens (including phenoxy) is 1. The van der Waals surface area contributed by atoms with Crippen LogP contribution in [-0.4, -0.2) is 22.6 Å². The van der Waals surface area contributed by atoms with Gasteiger partial charge in [-0.25, -0.2) is 0 Å². The Bertz CT molecular complexity index is 473. The Kier molecular flexibility index (Phi) is 3.30. The van der Waals surface area contributed by atoms with E-state index in [1.54, 1.807) is 0 Å². The molecule has 0 saturated carbocycles. The summed E-state index contributed by atoms with van der Waals surface area (Å²) in [6, 6.07) is 0.902. The molecule has 0 radical (unpaired) electrons. The number of pyridine rings is 1. The molecule has 92 valence electrons. The maximum Gasteiger partial charge on any atom is 0.575 e. The van der Waals surface area contributed by atoms with Gasteiger partial charge >= 0.3 is 18.1 Å². The smallest absolute Gasteiger partial charge is 0.366 e. The topological polar surface area (TPSA) is 82.3 Å². The normalized spacial score (nSPS) is 11.1. The number of alkyl halides is 3. The summed E-state index contributed by atoms with van der Waals surface area (Å²) in [7, 11) is 0. The minimum absolute atomic E-state index is 0.0355. The number of rotatable bonds is 3. The Morgan fingerprint density at radius 1 is 1.53 bits per heavy atom. The van der Waals surface area contributed by atoms with Crippen LogP contribution in [0, 0.1) is 17.0 Å². The molecule has 1 heterocycles. The van der Waals surface area contributed by atoms with Crippen molar-refractivity contribution in [3.05, 3.63) is 27.3 Å². The molecule has 0 N–H and O–H groups in total. The van der Waals surface area contributed by atoms with Gasteiger partial charge < -0.3 is 14.9 Å². The third-order valence-corrected chi connectivity index (χ3v) is 1.69. The van der Waals surface area contributed by atoms with Crippen molar-refractivity contribution >= 4 is 12.1 Å². The Labute approximate surface area is 92.2 Å². The van der Waals surface area contributed by atoms with Crippen molar-refractivity contribution in [2.75, 3.05) is 0 Å². The average Bonchev–Trinajstić information content (AvgIpc) is 2.17. The molecule has 0 aliphatic rings. The molecule has 0 amide bonds. The van der Waals surface area contributed by atoms with E-state index in [2.05, 4.69) is 9.72 Å². The molecule has 1 aromatic heterocycles. The van der Waals surface area contributed by atoms with Crippen LogP contribution in [0.4, 0.5) is 19.0 Å². The molecule has 0 aliphatic carbocycles. The summed E-state index contributed by atoms with van der Waals surface area (Å²) >= 11 is 0. The summed E-state index contributed by atoms with van der Waals surface area (Å²) in [5.74, 6) is -1.93. The van der Waals surface area contributed by atoms with Crippen LogP contribution in [-0.2, 0) is 0 Å². The predicted molar refractivity (Wildman–Crippen MR) is 47.7 cm³/mol. The number of halogens is 3. The zero-order valence-electron chi connectivity index (χ0n) is 8.32. The summed E-state index contributed by atoms with van der Waals surface area (Å²) < 4.78 is 39.3. The third-order valence-electron chi connectivity index (χ3n) is 1.69. The quantitative estimate of drug-likeness (QED) is 0.465. The number of aldehydes is 1. The number of carbonyl (C=O) groups is 1. The van der Waals surface area contributed by atoms with Gasteiger partial charge in [0.25, 0.3) is 0 Å². The van der Waals surface area contributed by atoms with Gasteiger partial charge in [0, 0.05) is 10.5 Å². The summed E-state index contributed by atoms with van der Waals surface area (Å²) in [5.41, 5.74) is -0.544. The predicted octanol–water partition coefficient (Wildman–Crippen LogP) is 2.01. The van der Waals surface area contributed by atoms with E-state index in [-0.39, 0.29) is 11.8 Å². The van der Waals surface area contributed by atoms with Gasteiger partial charge in [0.05, 0.1) is 0 Å².